The number of carbonyl (C=O) groups excluding carboxylic acids is 1. The summed E-state index contributed by atoms with van der Waals surface area (Å²) in [6.45, 7) is 0. The minimum atomic E-state index is -0.478. The first-order valence-electron chi connectivity index (χ1n) is 3.53. The highest BCUT2D eigenvalue weighted by Crippen LogP contribution is 2.25. The number of benzene rings is 1. The molecule has 66 valence electrons. The van der Waals surface area contributed by atoms with E-state index in [1.165, 1.54) is 11.5 Å². The molecule has 0 radical (unpaired) electrons. The van der Waals surface area contributed by atoms with Crippen LogP contribution in [0.2, 0.25) is 0 Å². The van der Waals surface area contributed by atoms with Crippen LogP contribution in [0, 0.1) is 0 Å². The molecule has 1 aromatic carbocycles. The number of aromatic nitrogens is 1. The molecule has 2 rings (SSSR count). The zero-order valence-electron chi connectivity index (χ0n) is 6.45. The highest BCUT2D eigenvalue weighted by Gasteiger charge is 2.10. The molecule has 0 saturated carbocycles. The minimum absolute atomic E-state index is 0.354. The van der Waals surface area contributed by atoms with Crippen molar-refractivity contribution in [2.75, 3.05) is 0 Å². The van der Waals surface area contributed by atoms with Crippen LogP contribution in [-0.2, 0) is 0 Å². The van der Waals surface area contributed by atoms with Crippen LogP contribution in [0.3, 0.4) is 0 Å². The average Bonchev–Trinajstić information content (AvgIpc) is 2.46. The van der Waals surface area contributed by atoms with E-state index >= 15 is 0 Å². The quantitative estimate of drug-likeness (QED) is 0.851. The van der Waals surface area contributed by atoms with Gasteiger partial charge in [-0.25, -0.2) is 0 Å². The smallest absolute Gasteiger partial charge is 0.269 e. The molecular weight excluding hydrogens is 252 g/mol. The van der Waals surface area contributed by atoms with Crippen molar-refractivity contribution in [1.29, 1.82) is 0 Å². The van der Waals surface area contributed by atoms with E-state index < -0.39 is 5.91 Å². The van der Waals surface area contributed by atoms with Crippen LogP contribution in [0.25, 0.3) is 10.1 Å². The number of fused-ring (bicyclic) bond motifs is 1. The number of amides is 1. The van der Waals surface area contributed by atoms with Crippen molar-refractivity contribution < 1.29 is 4.79 Å². The maximum absolute atomic E-state index is 10.9. The molecule has 0 aliphatic rings. The largest absolute Gasteiger partial charge is 0.364 e. The molecule has 0 fully saturated rings. The second kappa shape index (κ2) is 3.08. The Hall–Kier alpha value is -0.940. The van der Waals surface area contributed by atoms with Gasteiger partial charge in [-0.3, -0.25) is 4.79 Å². The Morgan fingerprint density at radius 3 is 3.00 bits per heavy atom. The normalized spacial score (nSPS) is 10.5. The summed E-state index contributed by atoms with van der Waals surface area (Å²) in [6.07, 6.45) is 0. The van der Waals surface area contributed by atoms with E-state index in [0.717, 1.165) is 14.6 Å². The van der Waals surface area contributed by atoms with Gasteiger partial charge in [0.25, 0.3) is 5.91 Å². The third-order valence-electron chi connectivity index (χ3n) is 1.67. The summed E-state index contributed by atoms with van der Waals surface area (Å²) >= 11 is 4.62. The van der Waals surface area contributed by atoms with Gasteiger partial charge >= 0.3 is 0 Å². The lowest BCUT2D eigenvalue weighted by Crippen LogP contribution is -2.11. The molecule has 3 nitrogen and oxygen atoms in total. The topological polar surface area (TPSA) is 56.0 Å². The first-order valence-corrected chi connectivity index (χ1v) is 5.10. The van der Waals surface area contributed by atoms with Crippen LogP contribution < -0.4 is 5.73 Å². The molecular formula is C8H5BrN2OS. The van der Waals surface area contributed by atoms with E-state index in [1.807, 2.05) is 18.2 Å². The highest BCUT2D eigenvalue weighted by atomic mass is 79.9. The number of rotatable bonds is 1. The number of nitrogens with two attached hydrogens (primary N) is 1. The molecule has 1 amide bonds. The van der Waals surface area contributed by atoms with Crippen LogP contribution in [0.15, 0.2) is 22.7 Å². The number of hydrogen-bond donors (Lipinski definition) is 1. The molecule has 2 aromatic rings. The van der Waals surface area contributed by atoms with Gasteiger partial charge < -0.3 is 5.73 Å². The molecule has 1 aromatic heterocycles. The van der Waals surface area contributed by atoms with Crippen LogP contribution >= 0.6 is 27.5 Å². The van der Waals surface area contributed by atoms with E-state index in [4.69, 9.17) is 5.73 Å². The molecule has 0 bridgehead atoms. The van der Waals surface area contributed by atoms with Gasteiger partial charge in [-0.1, -0.05) is 15.9 Å². The van der Waals surface area contributed by atoms with Crippen LogP contribution in [0.1, 0.15) is 10.5 Å². The van der Waals surface area contributed by atoms with E-state index in [9.17, 15) is 4.79 Å². The average molecular weight is 257 g/mol. The molecule has 5 heteroatoms. The molecule has 13 heavy (non-hydrogen) atoms. The van der Waals surface area contributed by atoms with Crippen molar-refractivity contribution >= 4 is 43.5 Å². The Balaban J connectivity index is 2.76. The summed E-state index contributed by atoms with van der Waals surface area (Å²) in [6, 6.07) is 5.62. The van der Waals surface area contributed by atoms with Crippen molar-refractivity contribution in [3.05, 3.63) is 28.4 Å². The lowest BCUT2D eigenvalue weighted by molar-refractivity contribution is 0.0998. The molecule has 1 heterocycles. The predicted molar refractivity (Wildman–Crippen MR) is 55.8 cm³/mol. The summed E-state index contributed by atoms with van der Waals surface area (Å²) in [7, 11) is 0. The first kappa shape index (κ1) is 8.65. The summed E-state index contributed by atoms with van der Waals surface area (Å²) in [5, 5.41) is 0.820. The molecule has 0 saturated heterocycles. The fourth-order valence-electron chi connectivity index (χ4n) is 1.09. The SMILES string of the molecule is NC(=O)c1nsc2cc(Br)ccc12. The van der Waals surface area contributed by atoms with Crippen molar-refractivity contribution in [1.82, 2.24) is 4.37 Å². The zero-order valence-corrected chi connectivity index (χ0v) is 8.85. The Morgan fingerprint density at radius 2 is 2.31 bits per heavy atom. The highest BCUT2D eigenvalue weighted by molar-refractivity contribution is 9.10. The van der Waals surface area contributed by atoms with Crippen LogP contribution in [0.4, 0.5) is 0 Å². The summed E-state index contributed by atoms with van der Waals surface area (Å²) in [5.74, 6) is -0.478. The number of carbonyl (C=O) groups is 1. The zero-order chi connectivity index (χ0) is 9.42. The molecule has 2 N–H and O–H groups in total. The Bertz CT molecular complexity index is 480. The van der Waals surface area contributed by atoms with Gasteiger partial charge in [-0.15, -0.1) is 0 Å². The van der Waals surface area contributed by atoms with Gasteiger partial charge in [0.05, 0.1) is 4.70 Å². The van der Waals surface area contributed by atoms with Crippen LogP contribution in [0.5, 0.6) is 0 Å². The van der Waals surface area contributed by atoms with Crippen LogP contribution in [-0.4, -0.2) is 10.3 Å². The van der Waals surface area contributed by atoms with Crippen molar-refractivity contribution in [3.8, 4) is 0 Å². The van der Waals surface area contributed by atoms with E-state index in [2.05, 4.69) is 20.3 Å². The maximum Gasteiger partial charge on any atom is 0.269 e. The lowest BCUT2D eigenvalue weighted by Gasteiger charge is -1.91. The Labute approximate surface area is 86.8 Å². The number of halogens is 1. The summed E-state index contributed by atoms with van der Waals surface area (Å²) < 4.78 is 5.92. The first-order chi connectivity index (χ1) is 6.18. The second-order valence-corrected chi connectivity index (χ2v) is 4.26. The molecule has 0 aliphatic heterocycles. The third-order valence-corrected chi connectivity index (χ3v) is 2.97. The second-order valence-electron chi connectivity index (χ2n) is 2.54. The Morgan fingerprint density at radius 1 is 1.54 bits per heavy atom. The number of hydrogen-bond acceptors (Lipinski definition) is 3. The van der Waals surface area contributed by atoms with Crippen molar-refractivity contribution in [2.45, 2.75) is 0 Å². The van der Waals surface area contributed by atoms with Crippen molar-refractivity contribution in [3.63, 3.8) is 0 Å². The summed E-state index contributed by atoms with van der Waals surface area (Å²) in [4.78, 5) is 10.9. The molecule has 0 atom stereocenters. The molecule has 0 unspecified atom stereocenters. The van der Waals surface area contributed by atoms with Gasteiger partial charge in [0.2, 0.25) is 0 Å². The fraction of sp³-hybridized carbons (Fsp3) is 0. The van der Waals surface area contributed by atoms with Gasteiger partial charge in [-0.2, -0.15) is 4.37 Å². The van der Waals surface area contributed by atoms with E-state index in [-0.39, 0.29) is 0 Å². The standard InChI is InChI=1S/C8H5BrN2OS/c9-4-1-2-5-6(3-4)13-11-7(5)8(10)12/h1-3H,(H2,10,12). The monoisotopic (exact) mass is 256 g/mol. The molecule has 0 spiro atoms. The van der Waals surface area contributed by atoms with Crippen molar-refractivity contribution in [2.24, 2.45) is 5.73 Å². The lowest BCUT2D eigenvalue weighted by atomic mass is 10.2. The minimum Gasteiger partial charge on any atom is -0.364 e. The van der Waals surface area contributed by atoms with E-state index in [0.29, 0.717) is 5.69 Å². The third kappa shape index (κ3) is 1.45. The van der Waals surface area contributed by atoms with E-state index in [1.54, 1.807) is 0 Å². The fourth-order valence-corrected chi connectivity index (χ4v) is 2.42. The van der Waals surface area contributed by atoms with Gasteiger partial charge in [0.15, 0.2) is 0 Å². The molecule has 0 aliphatic carbocycles. The van der Waals surface area contributed by atoms with Gasteiger partial charge in [0, 0.05) is 9.86 Å². The van der Waals surface area contributed by atoms with Gasteiger partial charge in [0.1, 0.15) is 5.69 Å². The predicted octanol–water partition coefficient (Wildman–Crippen LogP) is 2.16. The summed E-state index contributed by atoms with van der Waals surface area (Å²) in [5.41, 5.74) is 5.51. The maximum atomic E-state index is 10.9. The Kier molecular flexibility index (Phi) is 2.05. The number of nitrogens with zero attached hydrogens (tertiary/aromatic N) is 1. The van der Waals surface area contributed by atoms with Gasteiger partial charge in [-0.05, 0) is 29.7 Å². The number of primary amides is 1.